The zero-order valence-electron chi connectivity index (χ0n) is 14.9. The highest BCUT2D eigenvalue weighted by molar-refractivity contribution is 5.85. The van der Waals surface area contributed by atoms with Crippen LogP contribution in [-0.4, -0.2) is 65.8 Å². The van der Waals surface area contributed by atoms with Gasteiger partial charge in [-0.15, -0.1) is 12.4 Å². The van der Waals surface area contributed by atoms with E-state index in [2.05, 4.69) is 43.2 Å². The lowest BCUT2D eigenvalue weighted by molar-refractivity contribution is 0.248. The molecule has 1 fully saturated rings. The van der Waals surface area contributed by atoms with Gasteiger partial charge in [0.25, 0.3) is 0 Å². The van der Waals surface area contributed by atoms with Crippen molar-refractivity contribution in [2.75, 3.05) is 44.7 Å². The normalized spacial score (nSPS) is 16.5. The smallest absolute Gasteiger partial charge is 0.227 e. The van der Waals surface area contributed by atoms with Crippen molar-refractivity contribution in [1.82, 2.24) is 25.3 Å². The monoisotopic (exact) mass is 366 g/mol. The summed E-state index contributed by atoms with van der Waals surface area (Å²) in [4.78, 5) is 13.7. The number of nitrogens with one attached hydrogen (secondary N) is 1. The van der Waals surface area contributed by atoms with Crippen LogP contribution in [0.3, 0.4) is 0 Å². The summed E-state index contributed by atoms with van der Waals surface area (Å²) in [6.45, 7) is 7.15. The third kappa shape index (κ3) is 5.66. The van der Waals surface area contributed by atoms with Crippen LogP contribution >= 0.6 is 12.4 Å². The Hall–Kier alpha value is -1.70. The first kappa shape index (κ1) is 19.6. The fourth-order valence-corrected chi connectivity index (χ4v) is 2.85. The molecule has 1 unspecified atom stereocenters. The summed E-state index contributed by atoms with van der Waals surface area (Å²) in [5.74, 6) is 2.59. The number of piperazine rings is 1. The quantitative estimate of drug-likeness (QED) is 0.794. The summed E-state index contributed by atoms with van der Waals surface area (Å²) in [7, 11) is 1.94. The van der Waals surface area contributed by atoms with Crippen LogP contribution in [0.2, 0.25) is 0 Å². The molecule has 7 nitrogen and oxygen atoms in total. The Morgan fingerprint density at radius 3 is 2.72 bits per heavy atom. The minimum absolute atomic E-state index is 0. The van der Waals surface area contributed by atoms with Crippen molar-refractivity contribution in [3.05, 3.63) is 36.1 Å². The molecule has 2 aromatic rings. The summed E-state index contributed by atoms with van der Waals surface area (Å²) in [5.41, 5.74) is 0. The number of halogens is 1. The van der Waals surface area contributed by atoms with E-state index in [9.17, 15) is 0 Å². The number of likely N-dealkylation sites (N-methyl/N-ethyl adjacent to an activating group) is 1. The van der Waals surface area contributed by atoms with Crippen LogP contribution in [0.1, 0.15) is 18.6 Å². The fraction of sp³-hybridized carbons (Fsp3) is 0.588. The van der Waals surface area contributed by atoms with E-state index in [0.29, 0.717) is 6.04 Å². The average Bonchev–Trinajstić information content (AvgIpc) is 3.08. The van der Waals surface area contributed by atoms with Gasteiger partial charge >= 0.3 is 0 Å². The van der Waals surface area contributed by atoms with Gasteiger partial charge in [-0.3, -0.25) is 4.90 Å². The van der Waals surface area contributed by atoms with Crippen molar-refractivity contribution < 1.29 is 4.52 Å². The molecule has 0 spiro atoms. The number of pyridine rings is 1. The van der Waals surface area contributed by atoms with Gasteiger partial charge < -0.3 is 14.7 Å². The van der Waals surface area contributed by atoms with Crippen LogP contribution in [0.4, 0.5) is 5.82 Å². The summed E-state index contributed by atoms with van der Waals surface area (Å²) >= 11 is 0. The third-order valence-corrected chi connectivity index (χ3v) is 4.48. The van der Waals surface area contributed by atoms with E-state index in [-0.39, 0.29) is 12.4 Å². The van der Waals surface area contributed by atoms with Gasteiger partial charge in [-0.05, 0) is 26.1 Å². The van der Waals surface area contributed by atoms with Crippen LogP contribution in [0.15, 0.2) is 28.9 Å². The lowest BCUT2D eigenvalue weighted by Crippen LogP contribution is -2.47. The molecule has 0 amide bonds. The van der Waals surface area contributed by atoms with Gasteiger partial charge in [0.2, 0.25) is 5.89 Å². The molecule has 138 valence electrons. The molecular formula is C17H27ClN6O. The Bertz CT molecular complexity index is 615. The van der Waals surface area contributed by atoms with E-state index in [0.717, 1.165) is 63.1 Å². The van der Waals surface area contributed by atoms with E-state index < -0.39 is 0 Å². The van der Waals surface area contributed by atoms with Gasteiger partial charge in [0.05, 0.1) is 0 Å². The van der Waals surface area contributed by atoms with Crippen molar-refractivity contribution >= 4 is 18.2 Å². The molecule has 1 atom stereocenters. The first-order valence-electron chi connectivity index (χ1n) is 8.61. The number of aromatic nitrogens is 3. The highest BCUT2D eigenvalue weighted by Crippen LogP contribution is 2.12. The van der Waals surface area contributed by atoms with Crippen LogP contribution in [0.25, 0.3) is 0 Å². The maximum Gasteiger partial charge on any atom is 0.227 e. The van der Waals surface area contributed by atoms with E-state index in [1.54, 1.807) is 0 Å². The molecule has 8 heteroatoms. The van der Waals surface area contributed by atoms with Crippen LogP contribution in [-0.2, 0) is 12.8 Å². The molecule has 1 N–H and O–H groups in total. The van der Waals surface area contributed by atoms with Gasteiger partial charge in [-0.1, -0.05) is 11.2 Å². The second kappa shape index (κ2) is 9.70. The highest BCUT2D eigenvalue weighted by atomic mass is 35.5. The molecular weight excluding hydrogens is 340 g/mol. The van der Waals surface area contributed by atoms with E-state index >= 15 is 0 Å². The molecule has 3 heterocycles. The Balaban J connectivity index is 0.00000225. The zero-order chi connectivity index (χ0) is 16.8. The largest absolute Gasteiger partial charge is 0.354 e. The van der Waals surface area contributed by atoms with Crippen LogP contribution < -0.4 is 10.2 Å². The Labute approximate surface area is 155 Å². The summed E-state index contributed by atoms with van der Waals surface area (Å²) in [6.07, 6.45) is 3.46. The molecule has 3 rings (SSSR count). The fourth-order valence-electron chi connectivity index (χ4n) is 2.85. The first-order valence-corrected chi connectivity index (χ1v) is 8.61. The SMILES string of the molecule is CNC(C)Cc1noc(CCN2CCN(c3ccccn3)CC2)n1.Cl. The minimum Gasteiger partial charge on any atom is -0.354 e. The summed E-state index contributed by atoms with van der Waals surface area (Å²) < 4.78 is 5.36. The molecule has 1 aliphatic rings. The lowest BCUT2D eigenvalue weighted by atomic mass is 10.2. The molecule has 25 heavy (non-hydrogen) atoms. The number of rotatable bonds is 7. The predicted molar refractivity (Wildman–Crippen MR) is 100 cm³/mol. The summed E-state index contributed by atoms with van der Waals surface area (Å²) in [6, 6.07) is 6.42. The zero-order valence-corrected chi connectivity index (χ0v) is 15.7. The molecule has 0 saturated carbocycles. The Morgan fingerprint density at radius 1 is 1.24 bits per heavy atom. The average molecular weight is 367 g/mol. The third-order valence-electron chi connectivity index (χ3n) is 4.48. The lowest BCUT2D eigenvalue weighted by Gasteiger charge is -2.35. The summed E-state index contributed by atoms with van der Waals surface area (Å²) in [5, 5.41) is 7.24. The number of anilines is 1. The second-order valence-electron chi connectivity index (χ2n) is 6.26. The van der Waals surface area contributed by atoms with Crippen molar-refractivity contribution in [2.24, 2.45) is 0 Å². The first-order chi connectivity index (χ1) is 11.7. The van der Waals surface area contributed by atoms with Gasteiger partial charge in [0.15, 0.2) is 5.82 Å². The van der Waals surface area contributed by atoms with Crippen LogP contribution in [0.5, 0.6) is 0 Å². The van der Waals surface area contributed by atoms with Crippen LogP contribution in [0, 0.1) is 0 Å². The van der Waals surface area contributed by atoms with Gasteiger partial charge in [-0.25, -0.2) is 4.98 Å². The second-order valence-corrected chi connectivity index (χ2v) is 6.26. The Morgan fingerprint density at radius 2 is 2.04 bits per heavy atom. The molecule has 0 aliphatic carbocycles. The molecule has 0 aromatic carbocycles. The van der Waals surface area contributed by atoms with Gasteiger partial charge in [0.1, 0.15) is 5.82 Å². The maximum atomic E-state index is 5.36. The number of hydrogen-bond donors (Lipinski definition) is 1. The topological polar surface area (TPSA) is 70.3 Å². The van der Waals surface area contributed by atoms with Crippen molar-refractivity contribution in [2.45, 2.75) is 25.8 Å². The van der Waals surface area contributed by atoms with Crippen molar-refractivity contribution in [3.8, 4) is 0 Å². The van der Waals surface area contributed by atoms with Crippen molar-refractivity contribution in [3.63, 3.8) is 0 Å². The van der Waals surface area contributed by atoms with Gasteiger partial charge in [0, 0.05) is 57.8 Å². The van der Waals surface area contributed by atoms with E-state index in [4.69, 9.17) is 4.52 Å². The van der Waals surface area contributed by atoms with Crippen molar-refractivity contribution in [1.29, 1.82) is 0 Å². The van der Waals surface area contributed by atoms with E-state index in [1.165, 1.54) is 0 Å². The molecule has 1 saturated heterocycles. The predicted octanol–water partition coefficient (Wildman–Crippen LogP) is 1.40. The van der Waals surface area contributed by atoms with Gasteiger partial charge in [-0.2, -0.15) is 4.98 Å². The Kier molecular flexibility index (Phi) is 7.61. The molecule has 2 aromatic heterocycles. The maximum absolute atomic E-state index is 5.36. The highest BCUT2D eigenvalue weighted by Gasteiger charge is 2.18. The molecule has 0 bridgehead atoms. The van der Waals surface area contributed by atoms with E-state index in [1.807, 2.05) is 25.4 Å². The standard InChI is InChI=1S/C17H26N6O.ClH/c1-14(18-2)13-15-20-17(24-21-15)6-8-22-9-11-23(12-10-22)16-5-3-4-7-19-16;/h3-5,7,14,18H,6,8-13H2,1-2H3;1H. The number of nitrogens with zero attached hydrogens (tertiary/aromatic N) is 5. The number of hydrogen-bond acceptors (Lipinski definition) is 7. The molecule has 1 aliphatic heterocycles. The molecule has 0 radical (unpaired) electrons. The minimum atomic E-state index is 0.